The number of nitro groups is 2. The Balaban J connectivity index is 1.90. The Morgan fingerprint density at radius 1 is 1.11 bits per heavy atom. The SMILES string of the molecule is N=C1NC(=O)C(=Cc2cccc(Oc3ccc([N+](=O)[O-])cc3[N+](=O)[O-])c2)S1. The quantitative estimate of drug-likeness (QED) is 0.454. The number of benzene rings is 2. The van der Waals surface area contributed by atoms with E-state index in [-0.39, 0.29) is 22.6 Å². The van der Waals surface area contributed by atoms with E-state index in [1.807, 2.05) is 0 Å². The molecule has 0 unspecified atom stereocenters. The zero-order valence-electron chi connectivity index (χ0n) is 13.4. The van der Waals surface area contributed by atoms with Crippen LogP contribution in [0.2, 0.25) is 0 Å². The molecule has 1 heterocycles. The summed E-state index contributed by atoms with van der Waals surface area (Å²) in [4.78, 5) is 32.5. The highest BCUT2D eigenvalue weighted by Crippen LogP contribution is 2.35. The van der Waals surface area contributed by atoms with Gasteiger partial charge in [0.25, 0.3) is 11.6 Å². The van der Waals surface area contributed by atoms with Crippen molar-refractivity contribution in [2.75, 3.05) is 0 Å². The highest BCUT2D eigenvalue weighted by Gasteiger charge is 2.23. The van der Waals surface area contributed by atoms with Crippen LogP contribution in [0.5, 0.6) is 11.5 Å². The van der Waals surface area contributed by atoms with Gasteiger partial charge in [0.15, 0.2) is 5.17 Å². The van der Waals surface area contributed by atoms with Crippen molar-refractivity contribution in [3.8, 4) is 11.5 Å². The first-order valence-electron chi connectivity index (χ1n) is 7.33. The van der Waals surface area contributed by atoms with Crippen LogP contribution in [0.3, 0.4) is 0 Å². The second kappa shape index (κ2) is 7.25. The number of hydrogen-bond acceptors (Lipinski definition) is 8. The van der Waals surface area contributed by atoms with Gasteiger partial charge < -0.3 is 10.1 Å². The molecule has 1 aliphatic rings. The molecule has 10 nitrogen and oxygen atoms in total. The molecule has 1 saturated heterocycles. The van der Waals surface area contributed by atoms with Gasteiger partial charge in [-0.25, -0.2) is 0 Å². The number of carbonyl (C=O) groups is 1. The van der Waals surface area contributed by atoms with E-state index < -0.39 is 21.2 Å². The molecule has 0 aliphatic carbocycles. The number of rotatable bonds is 5. The third-order valence-corrected chi connectivity index (χ3v) is 4.23. The topological polar surface area (TPSA) is 148 Å². The first kappa shape index (κ1) is 18.1. The molecule has 27 heavy (non-hydrogen) atoms. The van der Waals surface area contributed by atoms with Crippen molar-refractivity contribution in [1.82, 2.24) is 5.32 Å². The minimum Gasteiger partial charge on any atom is -0.450 e. The zero-order valence-corrected chi connectivity index (χ0v) is 14.2. The molecule has 0 atom stereocenters. The standard InChI is InChI=1S/C16H10N4O6S/c17-16-18-15(21)14(27-16)7-9-2-1-3-11(6-9)26-13-5-4-10(19(22)23)8-12(13)20(24)25/h1-8H,(H2,17,18,21). The van der Waals surface area contributed by atoms with Crippen LogP contribution < -0.4 is 10.1 Å². The summed E-state index contributed by atoms with van der Waals surface area (Å²) in [5.74, 6) is -0.285. The maximum Gasteiger partial charge on any atom is 0.318 e. The van der Waals surface area contributed by atoms with Crippen LogP contribution in [0, 0.1) is 25.6 Å². The molecule has 1 aliphatic heterocycles. The lowest BCUT2D eigenvalue weighted by Crippen LogP contribution is -2.18. The van der Waals surface area contributed by atoms with Gasteiger partial charge in [0.05, 0.1) is 20.8 Å². The van der Waals surface area contributed by atoms with E-state index >= 15 is 0 Å². The smallest absolute Gasteiger partial charge is 0.318 e. The number of non-ortho nitro benzene ring substituents is 1. The number of thioether (sulfide) groups is 1. The number of nitro benzene ring substituents is 2. The molecule has 0 bridgehead atoms. The molecule has 2 aromatic rings. The van der Waals surface area contributed by atoms with Crippen LogP contribution in [0.1, 0.15) is 5.56 Å². The van der Waals surface area contributed by atoms with Crippen molar-refractivity contribution in [2.24, 2.45) is 0 Å². The van der Waals surface area contributed by atoms with E-state index in [2.05, 4.69) is 5.32 Å². The lowest BCUT2D eigenvalue weighted by Gasteiger charge is -2.07. The number of hydrogen-bond donors (Lipinski definition) is 2. The van der Waals surface area contributed by atoms with E-state index in [9.17, 15) is 25.0 Å². The molecular formula is C16H10N4O6S. The van der Waals surface area contributed by atoms with Crippen molar-refractivity contribution < 1.29 is 19.4 Å². The predicted molar refractivity (Wildman–Crippen MR) is 97.7 cm³/mol. The second-order valence-electron chi connectivity index (χ2n) is 5.23. The molecular weight excluding hydrogens is 376 g/mol. The molecule has 0 radical (unpaired) electrons. The Labute approximate surface area is 155 Å². The minimum absolute atomic E-state index is 0.0279. The molecule has 2 N–H and O–H groups in total. The lowest BCUT2D eigenvalue weighted by molar-refractivity contribution is -0.394. The molecule has 0 aromatic heterocycles. The summed E-state index contributed by atoms with van der Waals surface area (Å²) < 4.78 is 5.52. The predicted octanol–water partition coefficient (Wildman–Crippen LogP) is 3.43. The van der Waals surface area contributed by atoms with Gasteiger partial charge in [-0.1, -0.05) is 12.1 Å². The normalized spacial score (nSPS) is 14.9. The average molecular weight is 386 g/mol. The van der Waals surface area contributed by atoms with Crippen molar-refractivity contribution in [3.63, 3.8) is 0 Å². The van der Waals surface area contributed by atoms with E-state index in [0.717, 1.165) is 30.0 Å². The van der Waals surface area contributed by atoms with Gasteiger partial charge in [-0.15, -0.1) is 0 Å². The number of nitrogens with zero attached hydrogens (tertiary/aromatic N) is 2. The second-order valence-corrected chi connectivity index (χ2v) is 6.29. The van der Waals surface area contributed by atoms with E-state index in [4.69, 9.17) is 10.1 Å². The average Bonchev–Trinajstić information content (AvgIpc) is 2.92. The van der Waals surface area contributed by atoms with E-state index in [1.165, 1.54) is 0 Å². The fraction of sp³-hybridized carbons (Fsp3) is 0. The van der Waals surface area contributed by atoms with Crippen LogP contribution >= 0.6 is 11.8 Å². The molecule has 1 amide bonds. The number of carbonyl (C=O) groups excluding carboxylic acids is 1. The summed E-state index contributed by atoms with van der Waals surface area (Å²) in [6.07, 6.45) is 1.55. The Morgan fingerprint density at radius 2 is 1.89 bits per heavy atom. The number of amides is 1. The molecule has 136 valence electrons. The Morgan fingerprint density at radius 3 is 2.52 bits per heavy atom. The van der Waals surface area contributed by atoms with E-state index in [1.54, 1.807) is 30.3 Å². The van der Waals surface area contributed by atoms with Crippen LogP contribution in [-0.4, -0.2) is 20.9 Å². The summed E-state index contributed by atoms with van der Waals surface area (Å²) >= 11 is 0.979. The number of amidine groups is 1. The first-order valence-corrected chi connectivity index (χ1v) is 8.15. The highest BCUT2D eigenvalue weighted by atomic mass is 32.2. The van der Waals surface area contributed by atoms with Crippen molar-refractivity contribution >= 4 is 40.3 Å². The zero-order chi connectivity index (χ0) is 19.6. The van der Waals surface area contributed by atoms with Crippen molar-refractivity contribution in [2.45, 2.75) is 0 Å². The van der Waals surface area contributed by atoms with Crippen LogP contribution in [0.25, 0.3) is 6.08 Å². The third kappa shape index (κ3) is 4.10. The molecule has 0 saturated carbocycles. The molecule has 3 rings (SSSR count). The summed E-state index contributed by atoms with van der Waals surface area (Å²) in [6, 6.07) is 9.52. The third-order valence-electron chi connectivity index (χ3n) is 3.40. The number of ether oxygens (including phenoxy) is 1. The van der Waals surface area contributed by atoms with Crippen molar-refractivity contribution in [3.05, 3.63) is 73.2 Å². The fourth-order valence-electron chi connectivity index (χ4n) is 2.24. The fourth-order valence-corrected chi connectivity index (χ4v) is 2.94. The summed E-state index contributed by atoms with van der Waals surface area (Å²) in [5.41, 5.74) is -0.365. The Hall–Kier alpha value is -3.73. The Bertz CT molecular complexity index is 1020. The van der Waals surface area contributed by atoms with E-state index in [0.29, 0.717) is 10.5 Å². The molecule has 11 heteroatoms. The largest absolute Gasteiger partial charge is 0.450 e. The number of nitrogens with one attached hydrogen (secondary N) is 2. The van der Waals surface area contributed by atoms with Crippen LogP contribution in [-0.2, 0) is 4.79 Å². The molecule has 2 aromatic carbocycles. The molecule has 1 fully saturated rings. The Kier molecular flexibility index (Phi) is 4.86. The van der Waals surface area contributed by atoms with Crippen LogP contribution in [0.15, 0.2) is 47.4 Å². The summed E-state index contributed by atoms with van der Waals surface area (Å²) in [5, 5.41) is 31.8. The lowest BCUT2D eigenvalue weighted by atomic mass is 10.2. The van der Waals surface area contributed by atoms with Gasteiger partial charge >= 0.3 is 5.69 Å². The van der Waals surface area contributed by atoms with Crippen molar-refractivity contribution in [1.29, 1.82) is 5.41 Å². The first-order chi connectivity index (χ1) is 12.8. The summed E-state index contributed by atoms with van der Waals surface area (Å²) in [7, 11) is 0. The molecule has 0 spiro atoms. The van der Waals surface area contributed by atoms with Gasteiger partial charge in [-0.05, 0) is 41.6 Å². The van der Waals surface area contributed by atoms with Crippen LogP contribution in [0.4, 0.5) is 11.4 Å². The van der Waals surface area contributed by atoms with Gasteiger partial charge in [-0.2, -0.15) is 0 Å². The van der Waals surface area contributed by atoms with Gasteiger partial charge in [0, 0.05) is 6.07 Å². The highest BCUT2D eigenvalue weighted by molar-refractivity contribution is 8.18. The minimum atomic E-state index is -0.765. The van der Waals surface area contributed by atoms with Gasteiger partial charge in [0.2, 0.25) is 5.75 Å². The van der Waals surface area contributed by atoms with Gasteiger partial charge in [-0.3, -0.25) is 30.4 Å². The summed E-state index contributed by atoms with van der Waals surface area (Å²) in [6.45, 7) is 0. The maximum atomic E-state index is 11.7. The maximum absolute atomic E-state index is 11.7. The van der Waals surface area contributed by atoms with Gasteiger partial charge in [0.1, 0.15) is 5.75 Å². The monoisotopic (exact) mass is 386 g/mol.